The average Bonchev–Trinajstić information content (AvgIpc) is 2.28. The van der Waals surface area contributed by atoms with Gasteiger partial charge in [-0.1, -0.05) is 12.1 Å². The Kier molecular flexibility index (Phi) is 4.31. The molecule has 3 heteroatoms. The van der Waals surface area contributed by atoms with Crippen LogP contribution in [0.25, 0.3) is 0 Å². The minimum absolute atomic E-state index is 0.0469. The molecule has 1 aromatic carbocycles. The van der Waals surface area contributed by atoms with Crippen molar-refractivity contribution in [2.24, 2.45) is 0 Å². The molecule has 1 atom stereocenters. The van der Waals surface area contributed by atoms with E-state index in [0.717, 1.165) is 0 Å². The molecule has 3 nitrogen and oxygen atoms in total. The topological polar surface area (TPSA) is 35.5 Å². The number of hydrogen-bond acceptors (Lipinski definition) is 3. The standard InChI is InChI=1S/C12H16O3/c1-4-15-9(2)12(13)10-7-5-6-8-11(10)14-3/h5-9H,4H2,1-3H3. The van der Waals surface area contributed by atoms with Crippen molar-refractivity contribution >= 4 is 5.78 Å². The van der Waals surface area contributed by atoms with Crippen molar-refractivity contribution in [3.63, 3.8) is 0 Å². The summed E-state index contributed by atoms with van der Waals surface area (Å²) in [6.07, 6.45) is -0.425. The second kappa shape index (κ2) is 5.51. The van der Waals surface area contributed by atoms with Gasteiger partial charge in [0.05, 0.1) is 12.7 Å². The number of ketones is 1. The Balaban J connectivity index is 2.90. The van der Waals surface area contributed by atoms with E-state index in [1.54, 1.807) is 26.2 Å². The summed E-state index contributed by atoms with van der Waals surface area (Å²) in [5, 5.41) is 0. The van der Waals surface area contributed by atoms with Crippen LogP contribution < -0.4 is 4.74 Å². The number of Topliss-reactive ketones (excluding diaryl/α,β-unsaturated/α-hetero) is 1. The highest BCUT2D eigenvalue weighted by Crippen LogP contribution is 2.19. The molecule has 0 bridgehead atoms. The summed E-state index contributed by atoms with van der Waals surface area (Å²) in [7, 11) is 1.55. The van der Waals surface area contributed by atoms with Gasteiger partial charge in [0.15, 0.2) is 5.78 Å². The van der Waals surface area contributed by atoms with Crippen LogP contribution in [0.3, 0.4) is 0 Å². The second-order valence-corrected chi connectivity index (χ2v) is 3.16. The first-order valence-electron chi connectivity index (χ1n) is 4.99. The van der Waals surface area contributed by atoms with E-state index >= 15 is 0 Å². The van der Waals surface area contributed by atoms with Crippen molar-refractivity contribution in [1.82, 2.24) is 0 Å². The Morgan fingerprint density at radius 2 is 2.07 bits per heavy atom. The van der Waals surface area contributed by atoms with Crippen LogP contribution in [0.15, 0.2) is 24.3 Å². The van der Waals surface area contributed by atoms with Gasteiger partial charge in [0, 0.05) is 6.61 Å². The van der Waals surface area contributed by atoms with Crippen LogP contribution in [0.1, 0.15) is 24.2 Å². The van der Waals surface area contributed by atoms with E-state index in [0.29, 0.717) is 17.9 Å². The third kappa shape index (κ3) is 2.80. The zero-order chi connectivity index (χ0) is 11.3. The molecule has 0 spiro atoms. The summed E-state index contributed by atoms with van der Waals surface area (Å²) in [5.74, 6) is 0.545. The molecule has 0 fully saturated rings. The van der Waals surface area contributed by atoms with E-state index in [-0.39, 0.29) is 5.78 Å². The number of rotatable bonds is 5. The van der Waals surface area contributed by atoms with Crippen LogP contribution in [-0.2, 0) is 4.74 Å². The minimum Gasteiger partial charge on any atom is -0.496 e. The molecule has 0 N–H and O–H groups in total. The highest BCUT2D eigenvalue weighted by molar-refractivity contribution is 6.01. The normalized spacial score (nSPS) is 12.2. The maximum absolute atomic E-state index is 11.9. The van der Waals surface area contributed by atoms with Crippen LogP contribution in [-0.4, -0.2) is 25.6 Å². The quantitative estimate of drug-likeness (QED) is 0.696. The lowest BCUT2D eigenvalue weighted by Gasteiger charge is -2.12. The maximum Gasteiger partial charge on any atom is 0.194 e. The number of ether oxygens (including phenoxy) is 2. The SMILES string of the molecule is CCOC(C)C(=O)c1ccccc1OC. The molecule has 0 heterocycles. The average molecular weight is 208 g/mol. The lowest BCUT2D eigenvalue weighted by atomic mass is 10.1. The fraction of sp³-hybridized carbons (Fsp3) is 0.417. The molecule has 15 heavy (non-hydrogen) atoms. The second-order valence-electron chi connectivity index (χ2n) is 3.16. The smallest absolute Gasteiger partial charge is 0.194 e. The molecule has 0 saturated heterocycles. The van der Waals surface area contributed by atoms with E-state index < -0.39 is 6.10 Å². The van der Waals surface area contributed by atoms with E-state index in [1.807, 2.05) is 19.1 Å². The van der Waals surface area contributed by atoms with E-state index in [9.17, 15) is 4.79 Å². The van der Waals surface area contributed by atoms with Crippen LogP contribution >= 0.6 is 0 Å². The monoisotopic (exact) mass is 208 g/mol. The molecule has 0 aliphatic rings. The Morgan fingerprint density at radius 1 is 1.40 bits per heavy atom. The summed E-state index contributed by atoms with van der Waals surface area (Å²) in [5.41, 5.74) is 0.570. The van der Waals surface area contributed by atoms with Gasteiger partial charge < -0.3 is 9.47 Å². The van der Waals surface area contributed by atoms with Crippen molar-refractivity contribution in [2.75, 3.05) is 13.7 Å². The van der Waals surface area contributed by atoms with Gasteiger partial charge in [0.2, 0.25) is 0 Å². The van der Waals surface area contributed by atoms with Gasteiger partial charge in [-0.05, 0) is 26.0 Å². The molecule has 1 unspecified atom stereocenters. The number of carbonyl (C=O) groups excluding carboxylic acids is 1. The number of hydrogen-bond donors (Lipinski definition) is 0. The molecule has 0 aliphatic carbocycles. The Morgan fingerprint density at radius 3 is 2.67 bits per heavy atom. The predicted octanol–water partition coefficient (Wildman–Crippen LogP) is 2.30. The summed E-state index contributed by atoms with van der Waals surface area (Å²) in [4.78, 5) is 11.9. The van der Waals surface area contributed by atoms with Gasteiger partial charge in [-0.25, -0.2) is 0 Å². The van der Waals surface area contributed by atoms with Crippen molar-refractivity contribution < 1.29 is 14.3 Å². The van der Waals surface area contributed by atoms with Crippen molar-refractivity contribution in [2.45, 2.75) is 20.0 Å². The summed E-state index contributed by atoms with van der Waals surface area (Å²) >= 11 is 0. The van der Waals surface area contributed by atoms with Crippen LogP contribution in [0.4, 0.5) is 0 Å². The zero-order valence-electron chi connectivity index (χ0n) is 9.32. The number of para-hydroxylation sites is 1. The summed E-state index contributed by atoms with van der Waals surface area (Å²) in [6.45, 7) is 4.15. The Bertz CT molecular complexity index is 333. The molecular weight excluding hydrogens is 192 g/mol. The Hall–Kier alpha value is -1.35. The number of benzene rings is 1. The predicted molar refractivity (Wildman–Crippen MR) is 58.4 cm³/mol. The third-order valence-electron chi connectivity index (χ3n) is 2.16. The minimum atomic E-state index is -0.425. The van der Waals surface area contributed by atoms with Crippen molar-refractivity contribution in [3.8, 4) is 5.75 Å². The first kappa shape index (κ1) is 11.7. The van der Waals surface area contributed by atoms with E-state index in [1.165, 1.54) is 0 Å². The first-order chi connectivity index (χ1) is 7.20. The zero-order valence-corrected chi connectivity index (χ0v) is 9.32. The third-order valence-corrected chi connectivity index (χ3v) is 2.16. The van der Waals surface area contributed by atoms with Crippen LogP contribution in [0.5, 0.6) is 5.75 Å². The molecule has 1 rings (SSSR count). The molecule has 1 aromatic rings. The molecule has 0 aliphatic heterocycles. The molecule has 0 amide bonds. The number of carbonyl (C=O) groups is 1. The first-order valence-corrected chi connectivity index (χ1v) is 4.99. The Labute approximate surface area is 90.0 Å². The van der Waals surface area contributed by atoms with Gasteiger partial charge in [0.1, 0.15) is 11.9 Å². The maximum atomic E-state index is 11.9. The lowest BCUT2D eigenvalue weighted by Crippen LogP contribution is -2.21. The lowest BCUT2D eigenvalue weighted by molar-refractivity contribution is 0.0518. The van der Waals surface area contributed by atoms with Crippen LogP contribution in [0, 0.1) is 0 Å². The van der Waals surface area contributed by atoms with Gasteiger partial charge in [-0.2, -0.15) is 0 Å². The van der Waals surface area contributed by atoms with Gasteiger partial charge in [-0.15, -0.1) is 0 Å². The van der Waals surface area contributed by atoms with Crippen LogP contribution in [0.2, 0.25) is 0 Å². The highest BCUT2D eigenvalue weighted by atomic mass is 16.5. The fourth-order valence-corrected chi connectivity index (χ4v) is 1.39. The van der Waals surface area contributed by atoms with Crippen molar-refractivity contribution in [1.29, 1.82) is 0 Å². The molecule has 0 aromatic heterocycles. The fourth-order valence-electron chi connectivity index (χ4n) is 1.39. The summed E-state index contributed by atoms with van der Waals surface area (Å²) < 4.78 is 10.4. The molecule has 0 saturated carbocycles. The molecular formula is C12H16O3. The van der Waals surface area contributed by atoms with E-state index in [2.05, 4.69) is 0 Å². The van der Waals surface area contributed by atoms with Gasteiger partial charge in [0.25, 0.3) is 0 Å². The van der Waals surface area contributed by atoms with Gasteiger partial charge in [-0.3, -0.25) is 4.79 Å². The molecule has 0 radical (unpaired) electrons. The molecule has 82 valence electrons. The number of methoxy groups -OCH3 is 1. The largest absolute Gasteiger partial charge is 0.496 e. The van der Waals surface area contributed by atoms with E-state index in [4.69, 9.17) is 9.47 Å². The van der Waals surface area contributed by atoms with Crippen molar-refractivity contribution in [3.05, 3.63) is 29.8 Å². The highest BCUT2D eigenvalue weighted by Gasteiger charge is 2.18. The van der Waals surface area contributed by atoms with Gasteiger partial charge >= 0.3 is 0 Å². The summed E-state index contributed by atoms with van der Waals surface area (Å²) in [6, 6.07) is 7.16.